The summed E-state index contributed by atoms with van der Waals surface area (Å²) in [5, 5.41) is 9.24. The van der Waals surface area contributed by atoms with E-state index in [1.165, 1.54) is 17.0 Å². The first kappa shape index (κ1) is 13.5. The lowest BCUT2D eigenvalue weighted by Gasteiger charge is -2.37. The number of carbonyl (C=O) groups is 2. The molecule has 1 N–H and O–H groups in total. The Labute approximate surface area is 110 Å². The molecule has 1 aromatic rings. The van der Waals surface area contributed by atoms with Gasteiger partial charge in [0.2, 0.25) is 5.95 Å². The van der Waals surface area contributed by atoms with Gasteiger partial charge in [0.1, 0.15) is 11.7 Å². The van der Waals surface area contributed by atoms with Crippen molar-refractivity contribution in [2.45, 2.75) is 25.8 Å². The Morgan fingerprint density at radius 1 is 1.47 bits per heavy atom. The second-order valence-corrected chi connectivity index (χ2v) is 4.75. The van der Waals surface area contributed by atoms with Crippen molar-refractivity contribution < 1.29 is 19.1 Å². The molecule has 0 bridgehead atoms. The number of hydrogen-bond donors (Lipinski definition) is 1. The molecule has 1 aromatic heterocycles. The highest BCUT2D eigenvalue weighted by atomic mass is 19.1. The van der Waals surface area contributed by atoms with E-state index in [1.807, 2.05) is 0 Å². The summed E-state index contributed by atoms with van der Waals surface area (Å²) in [6, 6.07) is 3.05. The number of rotatable bonds is 2. The van der Waals surface area contributed by atoms with Crippen LogP contribution in [0.1, 0.15) is 30.3 Å². The summed E-state index contributed by atoms with van der Waals surface area (Å²) in [4.78, 5) is 28.3. The molecule has 0 radical (unpaired) electrons. The number of aliphatic carboxylic acids is 1. The summed E-state index contributed by atoms with van der Waals surface area (Å²) in [6.07, 6.45) is 1.50. The third-order valence-corrected chi connectivity index (χ3v) is 3.38. The molecule has 1 aliphatic rings. The maximum Gasteiger partial charge on any atom is 0.326 e. The standard InChI is InChI=1S/C13H15FN2O3/c1-8-4-3-7-16(11(8)13(18)19)12(17)9-5-2-6-10(14)15-9/h2,5-6,8,11H,3-4,7H2,1H3,(H,18,19). The first-order valence-corrected chi connectivity index (χ1v) is 6.17. The van der Waals surface area contributed by atoms with E-state index < -0.39 is 23.9 Å². The number of aromatic nitrogens is 1. The van der Waals surface area contributed by atoms with Crippen LogP contribution < -0.4 is 0 Å². The van der Waals surface area contributed by atoms with Crippen molar-refractivity contribution in [2.24, 2.45) is 5.92 Å². The number of carbonyl (C=O) groups excluding carboxylic acids is 1. The summed E-state index contributed by atoms with van der Waals surface area (Å²) < 4.78 is 13.0. The Kier molecular flexibility index (Phi) is 3.78. The molecule has 5 nitrogen and oxygen atoms in total. The second kappa shape index (κ2) is 5.34. The number of nitrogens with zero attached hydrogens (tertiary/aromatic N) is 2. The van der Waals surface area contributed by atoms with E-state index in [-0.39, 0.29) is 11.6 Å². The Balaban J connectivity index is 2.28. The molecule has 1 amide bonds. The number of amides is 1. The van der Waals surface area contributed by atoms with Crippen LogP contribution >= 0.6 is 0 Å². The molecule has 0 aliphatic carbocycles. The quantitative estimate of drug-likeness (QED) is 0.824. The Morgan fingerprint density at radius 3 is 2.84 bits per heavy atom. The van der Waals surface area contributed by atoms with Crippen LogP contribution in [0.4, 0.5) is 4.39 Å². The Hall–Kier alpha value is -1.98. The molecule has 1 fully saturated rings. The monoisotopic (exact) mass is 266 g/mol. The number of likely N-dealkylation sites (tertiary alicyclic amines) is 1. The number of carboxylic acids is 1. The highest BCUT2D eigenvalue weighted by Gasteiger charge is 2.37. The summed E-state index contributed by atoms with van der Waals surface area (Å²) in [7, 11) is 0. The van der Waals surface area contributed by atoms with Crippen LogP contribution in [0.15, 0.2) is 18.2 Å². The molecule has 6 heteroatoms. The fraction of sp³-hybridized carbons (Fsp3) is 0.462. The molecular formula is C13H15FN2O3. The first-order valence-electron chi connectivity index (χ1n) is 6.17. The molecule has 2 atom stereocenters. The third-order valence-electron chi connectivity index (χ3n) is 3.38. The normalized spacial score (nSPS) is 23.2. The van der Waals surface area contributed by atoms with Gasteiger partial charge in [-0.3, -0.25) is 4.79 Å². The molecule has 1 saturated heterocycles. The van der Waals surface area contributed by atoms with Gasteiger partial charge in [-0.15, -0.1) is 0 Å². The van der Waals surface area contributed by atoms with Crippen molar-refractivity contribution >= 4 is 11.9 Å². The van der Waals surface area contributed by atoms with E-state index in [1.54, 1.807) is 6.92 Å². The van der Waals surface area contributed by atoms with Gasteiger partial charge in [0.05, 0.1) is 0 Å². The van der Waals surface area contributed by atoms with Crippen LogP contribution in [0, 0.1) is 11.9 Å². The zero-order valence-electron chi connectivity index (χ0n) is 10.5. The second-order valence-electron chi connectivity index (χ2n) is 4.75. The van der Waals surface area contributed by atoms with E-state index in [9.17, 15) is 19.1 Å². The fourth-order valence-electron chi connectivity index (χ4n) is 2.47. The largest absolute Gasteiger partial charge is 0.480 e. The van der Waals surface area contributed by atoms with Crippen molar-refractivity contribution in [3.05, 3.63) is 29.8 Å². The van der Waals surface area contributed by atoms with Crippen LogP contribution in [0.2, 0.25) is 0 Å². The van der Waals surface area contributed by atoms with Gasteiger partial charge in [-0.25, -0.2) is 9.78 Å². The number of pyridine rings is 1. The van der Waals surface area contributed by atoms with Gasteiger partial charge in [-0.1, -0.05) is 13.0 Å². The lowest BCUT2D eigenvalue weighted by atomic mass is 9.90. The predicted octanol–water partition coefficient (Wildman–Crippen LogP) is 1.55. The molecule has 0 saturated carbocycles. The van der Waals surface area contributed by atoms with Gasteiger partial charge in [-0.05, 0) is 30.9 Å². The zero-order chi connectivity index (χ0) is 14.0. The smallest absolute Gasteiger partial charge is 0.326 e. The van der Waals surface area contributed by atoms with E-state index in [2.05, 4.69) is 4.98 Å². The van der Waals surface area contributed by atoms with E-state index in [0.29, 0.717) is 6.54 Å². The van der Waals surface area contributed by atoms with E-state index >= 15 is 0 Å². The highest BCUT2D eigenvalue weighted by Crippen LogP contribution is 2.24. The van der Waals surface area contributed by atoms with Crippen LogP contribution in [0.5, 0.6) is 0 Å². The molecule has 2 rings (SSSR count). The first-order chi connectivity index (χ1) is 9.00. The van der Waals surface area contributed by atoms with Crippen molar-refractivity contribution in [3.63, 3.8) is 0 Å². The zero-order valence-corrected chi connectivity index (χ0v) is 10.5. The molecule has 0 spiro atoms. The van der Waals surface area contributed by atoms with Gasteiger partial charge in [0.25, 0.3) is 5.91 Å². The van der Waals surface area contributed by atoms with Gasteiger partial charge in [0.15, 0.2) is 0 Å². The van der Waals surface area contributed by atoms with Crippen LogP contribution in [-0.2, 0) is 4.79 Å². The summed E-state index contributed by atoms with van der Waals surface area (Å²) in [5.74, 6) is -2.43. The molecule has 19 heavy (non-hydrogen) atoms. The molecule has 0 aromatic carbocycles. The summed E-state index contributed by atoms with van der Waals surface area (Å²) in [6.45, 7) is 2.16. The summed E-state index contributed by atoms with van der Waals surface area (Å²) in [5.41, 5.74) is -0.0552. The van der Waals surface area contributed by atoms with Gasteiger partial charge >= 0.3 is 5.97 Å². The fourth-order valence-corrected chi connectivity index (χ4v) is 2.47. The molecule has 1 aliphatic heterocycles. The lowest BCUT2D eigenvalue weighted by molar-refractivity contribution is -0.145. The average Bonchev–Trinajstić information content (AvgIpc) is 2.37. The molecule has 2 unspecified atom stereocenters. The van der Waals surface area contributed by atoms with Crippen LogP contribution in [0.3, 0.4) is 0 Å². The SMILES string of the molecule is CC1CCCN(C(=O)c2cccc(F)n2)C1C(=O)O. The van der Waals surface area contributed by atoms with Crippen molar-refractivity contribution in [1.29, 1.82) is 0 Å². The molecule has 2 heterocycles. The van der Waals surface area contributed by atoms with Gasteiger partial charge < -0.3 is 10.0 Å². The van der Waals surface area contributed by atoms with Gasteiger partial charge in [-0.2, -0.15) is 4.39 Å². The Bertz CT molecular complexity index is 506. The summed E-state index contributed by atoms with van der Waals surface area (Å²) >= 11 is 0. The van der Waals surface area contributed by atoms with Crippen molar-refractivity contribution in [2.75, 3.05) is 6.54 Å². The van der Waals surface area contributed by atoms with E-state index in [4.69, 9.17) is 0 Å². The van der Waals surface area contributed by atoms with Crippen molar-refractivity contribution in [3.8, 4) is 0 Å². The average molecular weight is 266 g/mol. The minimum Gasteiger partial charge on any atom is -0.480 e. The minimum atomic E-state index is -1.03. The minimum absolute atomic E-state index is 0.0552. The number of hydrogen-bond acceptors (Lipinski definition) is 3. The number of carboxylic acid groups (broad SMARTS) is 1. The van der Waals surface area contributed by atoms with E-state index in [0.717, 1.165) is 18.9 Å². The van der Waals surface area contributed by atoms with Crippen LogP contribution in [-0.4, -0.2) is 39.5 Å². The Morgan fingerprint density at radius 2 is 2.21 bits per heavy atom. The number of halogens is 1. The van der Waals surface area contributed by atoms with Crippen molar-refractivity contribution in [1.82, 2.24) is 9.88 Å². The van der Waals surface area contributed by atoms with Crippen LogP contribution in [0.25, 0.3) is 0 Å². The molecule has 102 valence electrons. The topological polar surface area (TPSA) is 70.5 Å². The molecular weight excluding hydrogens is 251 g/mol. The number of piperidine rings is 1. The maximum absolute atomic E-state index is 13.0. The lowest BCUT2D eigenvalue weighted by Crippen LogP contribution is -2.52. The predicted molar refractivity (Wildman–Crippen MR) is 65.1 cm³/mol. The maximum atomic E-state index is 13.0. The highest BCUT2D eigenvalue weighted by molar-refractivity contribution is 5.95. The third kappa shape index (κ3) is 2.72. The van der Waals surface area contributed by atoms with Gasteiger partial charge in [0, 0.05) is 6.54 Å².